The van der Waals surface area contributed by atoms with E-state index in [1.165, 1.54) is 0 Å². The van der Waals surface area contributed by atoms with Gasteiger partial charge in [0.05, 0.1) is 0 Å². The molecule has 1 unspecified atom stereocenters. The topological polar surface area (TPSA) is 61.6 Å². The Morgan fingerprint density at radius 1 is 1.38 bits per heavy atom. The smallest absolute Gasteiger partial charge is 0.225 e. The number of hydrogen-bond donors (Lipinski definition) is 2. The highest BCUT2D eigenvalue weighted by atomic mass is 16.1. The SMILES string of the molecule is CCN(CCC(=O)Nc1cccc(N)c1)C(C)CN(C)C. The van der Waals surface area contributed by atoms with Crippen molar-refractivity contribution in [2.45, 2.75) is 26.3 Å². The summed E-state index contributed by atoms with van der Waals surface area (Å²) in [7, 11) is 4.13. The van der Waals surface area contributed by atoms with E-state index in [1.807, 2.05) is 12.1 Å². The number of rotatable bonds is 8. The first kappa shape index (κ1) is 17.5. The molecular weight excluding hydrogens is 264 g/mol. The molecule has 0 spiro atoms. The van der Waals surface area contributed by atoms with Crippen molar-refractivity contribution in [3.8, 4) is 0 Å². The fraction of sp³-hybridized carbons (Fsp3) is 0.562. The van der Waals surface area contributed by atoms with Crippen LogP contribution in [0.15, 0.2) is 24.3 Å². The minimum Gasteiger partial charge on any atom is -0.399 e. The number of carbonyl (C=O) groups excluding carboxylic acids is 1. The molecule has 5 nitrogen and oxygen atoms in total. The Balaban J connectivity index is 2.43. The van der Waals surface area contributed by atoms with E-state index in [4.69, 9.17) is 5.73 Å². The van der Waals surface area contributed by atoms with Gasteiger partial charge in [-0.1, -0.05) is 13.0 Å². The first-order valence-corrected chi connectivity index (χ1v) is 7.46. The molecule has 1 aromatic rings. The molecule has 0 aromatic heterocycles. The Labute approximate surface area is 128 Å². The summed E-state index contributed by atoms with van der Waals surface area (Å²) >= 11 is 0. The Hall–Kier alpha value is -1.59. The van der Waals surface area contributed by atoms with Gasteiger partial charge in [0, 0.05) is 36.9 Å². The molecule has 0 saturated carbocycles. The molecule has 5 heteroatoms. The van der Waals surface area contributed by atoms with Gasteiger partial charge in [-0.25, -0.2) is 0 Å². The highest BCUT2D eigenvalue weighted by Gasteiger charge is 2.14. The molecule has 21 heavy (non-hydrogen) atoms. The van der Waals surface area contributed by atoms with E-state index in [-0.39, 0.29) is 5.91 Å². The minimum atomic E-state index is 0.0242. The molecule has 0 aliphatic rings. The lowest BCUT2D eigenvalue weighted by atomic mass is 10.2. The average Bonchev–Trinajstić information content (AvgIpc) is 2.38. The van der Waals surface area contributed by atoms with Crippen LogP contribution in [0.2, 0.25) is 0 Å². The molecular formula is C16H28N4O. The zero-order valence-corrected chi connectivity index (χ0v) is 13.6. The maximum Gasteiger partial charge on any atom is 0.225 e. The van der Waals surface area contributed by atoms with Crippen molar-refractivity contribution in [3.05, 3.63) is 24.3 Å². The van der Waals surface area contributed by atoms with Crippen LogP contribution in [0, 0.1) is 0 Å². The molecule has 1 atom stereocenters. The number of nitrogen functional groups attached to an aromatic ring is 1. The average molecular weight is 292 g/mol. The number of nitrogens with one attached hydrogen (secondary N) is 1. The van der Waals surface area contributed by atoms with Crippen LogP contribution in [0.25, 0.3) is 0 Å². The number of benzene rings is 1. The molecule has 0 saturated heterocycles. The fourth-order valence-electron chi connectivity index (χ4n) is 2.42. The third-order valence-corrected chi connectivity index (χ3v) is 3.46. The van der Waals surface area contributed by atoms with Crippen LogP contribution in [0.3, 0.4) is 0 Å². The monoisotopic (exact) mass is 292 g/mol. The maximum atomic E-state index is 12.0. The number of anilines is 2. The van der Waals surface area contributed by atoms with Crippen molar-refractivity contribution < 1.29 is 4.79 Å². The first-order valence-electron chi connectivity index (χ1n) is 7.46. The number of hydrogen-bond acceptors (Lipinski definition) is 4. The maximum absolute atomic E-state index is 12.0. The Bertz CT molecular complexity index is 448. The lowest BCUT2D eigenvalue weighted by Crippen LogP contribution is -2.41. The second-order valence-corrected chi connectivity index (χ2v) is 5.66. The van der Waals surface area contributed by atoms with Gasteiger partial charge in [-0.15, -0.1) is 0 Å². The Kier molecular flexibility index (Phi) is 7.19. The molecule has 0 aliphatic carbocycles. The van der Waals surface area contributed by atoms with Gasteiger partial charge >= 0.3 is 0 Å². The summed E-state index contributed by atoms with van der Waals surface area (Å²) in [6.45, 7) is 7.02. The summed E-state index contributed by atoms with van der Waals surface area (Å²) in [4.78, 5) is 16.5. The van der Waals surface area contributed by atoms with E-state index >= 15 is 0 Å². The lowest BCUT2D eigenvalue weighted by Gasteiger charge is -2.29. The van der Waals surface area contributed by atoms with Gasteiger partial charge in [0.15, 0.2) is 0 Å². The lowest BCUT2D eigenvalue weighted by molar-refractivity contribution is -0.116. The number of carbonyl (C=O) groups is 1. The molecule has 0 radical (unpaired) electrons. The van der Waals surface area contributed by atoms with Crippen molar-refractivity contribution in [3.63, 3.8) is 0 Å². The van der Waals surface area contributed by atoms with E-state index in [9.17, 15) is 4.79 Å². The summed E-state index contributed by atoms with van der Waals surface area (Å²) in [5, 5.41) is 2.89. The van der Waals surface area contributed by atoms with Crippen molar-refractivity contribution in [2.24, 2.45) is 0 Å². The summed E-state index contributed by atoms with van der Waals surface area (Å²) in [5.41, 5.74) is 7.11. The predicted octanol–water partition coefficient (Wildman–Crippen LogP) is 1.87. The van der Waals surface area contributed by atoms with E-state index in [2.05, 4.69) is 43.1 Å². The van der Waals surface area contributed by atoms with Gasteiger partial charge in [0.2, 0.25) is 5.91 Å². The van der Waals surface area contributed by atoms with Gasteiger partial charge in [-0.05, 0) is 45.8 Å². The van der Waals surface area contributed by atoms with Crippen LogP contribution in [0.5, 0.6) is 0 Å². The Morgan fingerprint density at radius 3 is 2.67 bits per heavy atom. The van der Waals surface area contributed by atoms with Gasteiger partial charge in [0.1, 0.15) is 0 Å². The molecule has 1 amide bonds. The quantitative estimate of drug-likeness (QED) is 0.718. The molecule has 0 bridgehead atoms. The molecule has 0 heterocycles. The normalized spacial score (nSPS) is 12.7. The van der Waals surface area contributed by atoms with Gasteiger partial charge in [0.25, 0.3) is 0 Å². The third kappa shape index (κ3) is 6.60. The standard InChI is InChI=1S/C16H28N4O/c1-5-20(13(2)12-19(3)4)10-9-16(21)18-15-8-6-7-14(17)11-15/h6-8,11,13H,5,9-10,12,17H2,1-4H3,(H,18,21). The molecule has 0 aliphatic heterocycles. The zero-order valence-electron chi connectivity index (χ0n) is 13.6. The van der Waals surface area contributed by atoms with Crippen molar-refractivity contribution >= 4 is 17.3 Å². The number of nitrogens with zero attached hydrogens (tertiary/aromatic N) is 2. The molecule has 118 valence electrons. The summed E-state index contributed by atoms with van der Waals surface area (Å²) in [6, 6.07) is 7.69. The number of nitrogens with two attached hydrogens (primary N) is 1. The molecule has 3 N–H and O–H groups in total. The van der Waals surface area contributed by atoms with Crippen molar-refractivity contribution in [1.82, 2.24) is 9.80 Å². The summed E-state index contributed by atoms with van der Waals surface area (Å²) in [5.74, 6) is 0.0242. The van der Waals surface area contributed by atoms with E-state index in [0.29, 0.717) is 18.2 Å². The highest BCUT2D eigenvalue weighted by Crippen LogP contribution is 2.12. The van der Waals surface area contributed by atoms with Gasteiger partial charge in [-0.3, -0.25) is 9.69 Å². The highest BCUT2D eigenvalue weighted by molar-refractivity contribution is 5.91. The van der Waals surface area contributed by atoms with Crippen molar-refractivity contribution in [2.75, 3.05) is 44.8 Å². The summed E-state index contributed by atoms with van der Waals surface area (Å²) < 4.78 is 0. The zero-order chi connectivity index (χ0) is 15.8. The summed E-state index contributed by atoms with van der Waals surface area (Å²) in [6.07, 6.45) is 0.487. The van der Waals surface area contributed by atoms with Crippen LogP contribution >= 0.6 is 0 Å². The van der Waals surface area contributed by atoms with Crippen LogP contribution < -0.4 is 11.1 Å². The van der Waals surface area contributed by atoms with Crippen LogP contribution in [0.4, 0.5) is 11.4 Å². The minimum absolute atomic E-state index is 0.0242. The number of likely N-dealkylation sites (N-methyl/N-ethyl adjacent to an activating group) is 2. The van der Waals surface area contributed by atoms with Crippen molar-refractivity contribution in [1.29, 1.82) is 0 Å². The Morgan fingerprint density at radius 2 is 2.10 bits per heavy atom. The van der Waals surface area contributed by atoms with Gasteiger partial charge < -0.3 is 16.0 Å². The van der Waals surface area contributed by atoms with Crippen LogP contribution in [-0.4, -0.2) is 55.5 Å². The van der Waals surface area contributed by atoms with Crippen LogP contribution in [0.1, 0.15) is 20.3 Å². The predicted molar refractivity (Wildman–Crippen MR) is 89.4 cm³/mol. The molecule has 0 fully saturated rings. The van der Waals surface area contributed by atoms with Gasteiger partial charge in [-0.2, -0.15) is 0 Å². The molecule has 1 rings (SSSR count). The van der Waals surface area contributed by atoms with E-state index < -0.39 is 0 Å². The van der Waals surface area contributed by atoms with E-state index in [0.717, 1.165) is 25.3 Å². The van der Waals surface area contributed by atoms with Crippen LogP contribution in [-0.2, 0) is 4.79 Å². The van der Waals surface area contributed by atoms with E-state index in [1.54, 1.807) is 12.1 Å². The first-order chi connectivity index (χ1) is 9.92. The second-order valence-electron chi connectivity index (χ2n) is 5.66. The number of amides is 1. The second kappa shape index (κ2) is 8.64. The molecule has 1 aromatic carbocycles. The largest absolute Gasteiger partial charge is 0.399 e. The fourth-order valence-corrected chi connectivity index (χ4v) is 2.42. The third-order valence-electron chi connectivity index (χ3n) is 3.46.